The van der Waals surface area contributed by atoms with Gasteiger partial charge in [-0.15, -0.1) is 0 Å². The maximum atomic E-state index is 4.79. The van der Waals surface area contributed by atoms with Crippen LogP contribution in [0.25, 0.3) is 0 Å². The molecule has 1 heterocycles. The average Bonchev–Trinajstić information content (AvgIpc) is 2.02. The first-order chi connectivity index (χ1) is 5.29. The van der Waals surface area contributed by atoms with Crippen LogP contribution < -0.4 is 11.1 Å². The number of rotatable bonds is 0. The molecule has 1 fully saturated rings. The maximum Gasteiger partial charge on any atom is 0.145 e. The second kappa shape index (κ2) is 4.54. The van der Waals surface area contributed by atoms with Crippen molar-refractivity contribution in [2.45, 2.75) is 0 Å². The molecular formula is C3H10N4O4. The molecule has 11 heavy (non-hydrogen) atoms. The zero-order valence-electron chi connectivity index (χ0n) is 6.23. The smallest absolute Gasteiger partial charge is 0.145 e. The van der Waals surface area contributed by atoms with Gasteiger partial charge in [-0.2, -0.15) is 20.3 Å². The molecule has 8 nitrogen and oxygen atoms in total. The molecule has 2 N–H and O–H groups in total. The summed E-state index contributed by atoms with van der Waals surface area (Å²) in [7, 11) is 3.06. The van der Waals surface area contributed by atoms with E-state index in [1.165, 1.54) is 14.1 Å². The lowest BCUT2D eigenvalue weighted by Gasteiger charge is -2.17. The van der Waals surface area contributed by atoms with Gasteiger partial charge in [-0.25, -0.2) is 0 Å². The van der Waals surface area contributed by atoms with Crippen LogP contribution in [0.2, 0.25) is 0 Å². The molecule has 0 radical (unpaired) electrons. The molecule has 0 aliphatic carbocycles. The Morgan fingerprint density at radius 3 is 2.73 bits per heavy atom. The number of hydrogen-bond donors (Lipinski definition) is 2. The predicted molar refractivity (Wildman–Crippen MR) is 31.0 cm³/mol. The highest BCUT2D eigenvalue weighted by Gasteiger charge is 2.07. The molecule has 0 saturated carbocycles. The van der Waals surface area contributed by atoms with E-state index in [1.807, 2.05) is 0 Å². The van der Waals surface area contributed by atoms with Gasteiger partial charge >= 0.3 is 0 Å². The number of hydrogen-bond acceptors (Lipinski definition) is 8. The maximum absolute atomic E-state index is 4.79. The Labute approximate surface area is 63.2 Å². The largest absolute Gasteiger partial charge is 0.257 e. The van der Waals surface area contributed by atoms with Crippen LogP contribution in [0.15, 0.2) is 0 Å². The van der Waals surface area contributed by atoms with Gasteiger partial charge < -0.3 is 0 Å². The molecule has 0 bridgehead atoms. The van der Waals surface area contributed by atoms with Crippen molar-refractivity contribution in [2.24, 2.45) is 0 Å². The van der Waals surface area contributed by atoms with Gasteiger partial charge in [0.25, 0.3) is 0 Å². The second-order valence-electron chi connectivity index (χ2n) is 1.66. The van der Waals surface area contributed by atoms with Crippen molar-refractivity contribution in [2.75, 3.05) is 20.8 Å². The molecule has 0 aromatic heterocycles. The van der Waals surface area contributed by atoms with Crippen LogP contribution >= 0.6 is 0 Å². The van der Waals surface area contributed by atoms with Gasteiger partial charge in [0, 0.05) is 14.1 Å². The van der Waals surface area contributed by atoms with Crippen LogP contribution in [-0.2, 0) is 19.7 Å². The van der Waals surface area contributed by atoms with Gasteiger partial charge in [-0.05, 0) is 10.5 Å². The predicted octanol–water partition coefficient (Wildman–Crippen LogP) is -1.53. The van der Waals surface area contributed by atoms with E-state index in [4.69, 9.17) is 9.88 Å². The zero-order chi connectivity index (χ0) is 8.10. The van der Waals surface area contributed by atoms with E-state index in [1.54, 1.807) is 0 Å². The molecule has 1 aliphatic rings. The van der Waals surface area contributed by atoms with E-state index in [2.05, 4.69) is 20.9 Å². The Morgan fingerprint density at radius 1 is 1.18 bits per heavy atom. The highest BCUT2D eigenvalue weighted by Crippen LogP contribution is 1.91. The Balaban J connectivity index is 2.27. The molecule has 66 valence electrons. The summed E-state index contributed by atoms with van der Waals surface area (Å²) in [5.41, 5.74) is 4.54. The first-order valence-electron chi connectivity index (χ1n) is 2.88. The summed E-state index contributed by atoms with van der Waals surface area (Å²) < 4.78 is 0. The van der Waals surface area contributed by atoms with Gasteiger partial charge in [0.15, 0.2) is 0 Å². The summed E-state index contributed by atoms with van der Waals surface area (Å²) in [5.74, 6) is 0. The van der Waals surface area contributed by atoms with E-state index >= 15 is 0 Å². The minimum Gasteiger partial charge on any atom is -0.257 e. The van der Waals surface area contributed by atoms with Crippen LogP contribution in [0.5, 0.6) is 0 Å². The van der Waals surface area contributed by atoms with Crippen LogP contribution in [0.4, 0.5) is 0 Å². The number of nitrogens with one attached hydrogen (secondary N) is 2. The van der Waals surface area contributed by atoms with Crippen LogP contribution in [0.1, 0.15) is 0 Å². The molecule has 0 amide bonds. The van der Waals surface area contributed by atoms with Crippen molar-refractivity contribution in [3.63, 3.8) is 0 Å². The lowest BCUT2D eigenvalue weighted by Crippen LogP contribution is -2.33. The molecule has 1 rings (SSSR count). The molecule has 1 aliphatic heterocycles. The van der Waals surface area contributed by atoms with Crippen molar-refractivity contribution in [1.29, 1.82) is 0 Å². The normalized spacial score (nSPS) is 25.6. The summed E-state index contributed by atoms with van der Waals surface area (Å²) in [6, 6.07) is 0. The van der Waals surface area contributed by atoms with Gasteiger partial charge in [0.05, 0.1) is 0 Å². The monoisotopic (exact) mass is 166 g/mol. The molecule has 1 saturated heterocycles. The van der Waals surface area contributed by atoms with E-state index in [0.717, 1.165) is 10.5 Å². The van der Waals surface area contributed by atoms with Crippen LogP contribution in [-0.4, -0.2) is 31.3 Å². The SMILES string of the molecule is CN1ONCONON(C)O1. The molecule has 0 atom stereocenters. The fourth-order valence-corrected chi connectivity index (χ4v) is 0.450. The lowest BCUT2D eigenvalue weighted by molar-refractivity contribution is -0.535. The highest BCUT2D eigenvalue weighted by atomic mass is 17.2. The summed E-state index contributed by atoms with van der Waals surface area (Å²) in [6.45, 7) is 0.127. The Morgan fingerprint density at radius 2 is 1.91 bits per heavy atom. The quantitative estimate of drug-likeness (QED) is 0.449. The van der Waals surface area contributed by atoms with Gasteiger partial charge in [0.2, 0.25) is 0 Å². The summed E-state index contributed by atoms with van der Waals surface area (Å²) in [4.78, 5) is 18.7. The first kappa shape index (κ1) is 8.77. The third-order valence-electron chi connectivity index (χ3n) is 0.779. The summed E-state index contributed by atoms with van der Waals surface area (Å²) >= 11 is 0. The minimum absolute atomic E-state index is 0.127. The first-order valence-corrected chi connectivity index (χ1v) is 2.88. The Hall–Kier alpha value is -0.320. The van der Waals surface area contributed by atoms with Crippen LogP contribution in [0, 0.1) is 0 Å². The molecule has 0 aromatic rings. The van der Waals surface area contributed by atoms with Crippen molar-refractivity contribution in [1.82, 2.24) is 21.6 Å². The molecular weight excluding hydrogens is 156 g/mol. The molecule has 0 aromatic carbocycles. The third kappa shape index (κ3) is 3.55. The average molecular weight is 166 g/mol. The second-order valence-corrected chi connectivity index (χ2v) is 1.66. The van der Waals surface area contributed by atoms with Crippen molar-refractivity contribution in [3.8, 4) is 0 Å². The van der Waals surface area contributed by atoms with E-state index in [0.29, 0.717) is 0 Å². The topological polar surface area (TPSA) is 67.5 Å². The molecule has 0 spiro atoms. The van der Waals surface area contributed by atoms with Crippen molar-refractivity contribution < 1.29 is 19.7 Å². The van der Waals surface area contributed by atoms with Crippen molar-refractivity contribution >= 4 is 0 Å². The third-order valence-corrected chi connectivity index (χ3v) is 0.779. The Bertz CT molecular complexity index is 102. The summed E-state index contributed by atoms with van der Waals surface area (Å²) in [6.07, 6.45) is 0. The standard InChI is InChI=1S/C3H10N4O4/c1-6-9-4-3-8-5-10-7(2)11-6/h4-5H,3H2,1-2H3. The van der Waals surface area contributed by atoms with Gasteiger partial charge in [-0.1, -0.05) is 5.64 Å². The van der Waals surface area contributed by atoms with Crippen molar-refractivity contribution in [3.05, 3.63) is 0 Å². The van der Waals surface area contributed by atoms with Gasteiger partial charge in [0.1, 0.15) is 6.73 Å². The number of hydroxylamine groups is 5. The van der Waals surface area contributed by atoms with Crippen LogP contribution in [0.3, 0.4) is 0 Å². The van der Waals surface area contributed by atoms with E-state index in [9.17, 15) is 0 Å². The number of nitrogens with zero attached hydrogens (tertiary/aromatic N) is 2. The fourth-order valence-electron chi connectivity index (χ4n) is 0.450. The van der Waals surface area contributed by atoms with E-state index < -0.39 is 0 Å². The van der Waals surface area contributed by atoms with Gasteiger partial charge in [-0.3, -0.25) is 4.84 Å². The van der Waals surface area contributed by atoms with E-state index in [-0.39, 0.29) is 6.73 Å². The fraction of sp³-hybridized carbons (Fsp3) is 1.00. The minimum atomic E-state index is 0.127. The molecule has 8 heteroatoms. The Kier molecular flexibility index (Phi) is 3.62. The highest BCUT2D eigenvalue weighted by molar-refractivity contribution is 4.04. The molecule has 0 unspecified atom stereocenters. The lowest BCUT2D eigenvalue weighted by atomic mass is 11.4. The summed E-state index contributed by atoms with van der Waals surface area (Å²) in [5, 5.41) is 2.06. The zero-order valence-corrected chi connectivity index (χ0v) is 6.23.